The highest BCUT2D eigenvalue weighted by Crippen LogP contribution is 2.55. The van der Waals surface area contributed by atoms with Crippen LogP contribution in [0.5, 0.6) is 5.75 Å². The van der Waals surface area contributed by atoms with Crippen molar-refractivity contribution in [2.75, 3.05) is 37.7 Å². The van der Waals surface area contributed by atoms with Crippen LogP contribution in [0.3, 0.4) is 0 Å². The Morgan fingerprint density at radius 3 is 1.74 bits per heavy atom. The Balaban J connectivity index is 0.00000782. The fourth-order valence-electron chi connectivity index (χ4n) is 9.42. The van der Waals surface area contributed by atoms with Crippen LogP contribution in [0.15, 0.2) is 143 Å². The second kappa shape index (κ2) is 26.5. The van der Waals surface area contributed by atoms with Crippen molar-refractivity contribution >= 4 is 69.2 Å². The second-order valence-electron chi connectivity index (χ2n) is 17.9. The molecule has 1 aromatic heterocycles. The molecule has 0 saturated carbocycles. The van der Waals surface area contributed by atoms with Gasteiger partial charge >= 0.3 is 5.63 Å². The first-order valence-electron chi connectivity index (χ1n) is 24.6. The molecule has 1 aliphatic heterocycles. The van der Waals surface area contributed by atoms with E-state index >= 15 is 0 Å². The van der Waals surface area contributed by atoms with Gasteiger partial charge in [0.25, 0.3) is 5.91 Å². The number of benzene rings is 5. The van der Waals surface area contributed by atoms with Crippen LogP contribution in [0.25, 0.3) is 22.1 Å². The molecule has 5 aromatic carbocycles. The molecule has 1 N–H and O–H groups in total. The van der Waals surface area contributed by atoms with E-state index in [1.54, 1.807) is 48.2 Å². The number of piperazine rings is 1. The van der Waals surface area contributed by atoms with Gasteiger partial charge in [0.05, 0.1) is 17.6 Å². The molecule has 0 bridgehead atoms. The third-order valence-electron chi connectivity index (χ3n) is 13.1. The Labute approximate surface area is 419 Å². The maximum atomic E-state index is 14.0. The van der Waals surface area contributed by atoms with Gasteiger partial charge in [0, 0.05) is 66.9 Å². The number of nitrogens with zero attached hydrogens (tertiary/aromatic N) is 2. The molecular formula is C57H66Cl2N3O6P. The van der Waals surface area contributed by atoms with Crippen molar-refractivity contribution in [2.24, 2.45) is 0 Å². The molecule has 6 aromatic rings. The van der Waals surface area contributed by atoms with Crippen molar-refractivity contribution in [3.8, 4) is 16.9 Å². The van der Waals surface area contributed by atoms with Gasteiger partial charge in [-0.1, -0.05) is 143 Å². The van der Waals surface area contributed by atoms with Crippen molar-refractivity contribution in [2.45, 2.75) is 103 Å². The fourth-order valence-corrected chi connectivity index (χ4v) is 13.9. The lowest BCUT2D eigenvalue weighted by Crippen LogP contribution is -3.00. The summed E-state index contributed by atoms with van der Waals surface area (Å²) >= 11 is 6.79. The van der Waals surface area contributed by atoms with E-state index in [9.17, 15) is 19.2 Å². The lowest BCUT2D eigenvalue weighted by atomic mass is 10.0. The summed E-state index contributed by atoms with van der Waals surface area (Å²) < 4.78 is 11.8. The molecule has 0 aliphatic carbocycles. The van der Waals surface area contributed by atoms with Crippen LogP contribution in [0.4, 0.5) is 5.69 Å². The zero-order valence-corrected chi connectivity index (χ0v) is 42.5. The topological polar surface area (TPSA) is 109 Å². The predicted octanol–water partition coefficient (Wildman–Crippen LogP) is 8.58. The van der Waals surface area contributed by atoms with E-state index in [4.69, 9.17) is 20.8 Å². The minimum atomic E-state index is -2.16. The first-order valence-corrected chi connectivity index (χ1v) is 27.0. The highest BCUT2D eigenvalue weighted by molar-refractivity contribution is 7.95. The van der Waals surface area contributed by atoms with Gasteiger partial charge < -0.3 is 36.7 Å². The van der Waals surface area contributed by atoms with Crippen LogP contribution in [0.1, 0.15) is 97.3 Å². The van der Waals surface area contributed by atoms with Gasteiger partial charge in [0.15, 0.2) is 6.10 Å². The third-order valence-corrected chi connectivity index (χ3v) is 17.9. The molecule has 7 rings (SSSR count). The van der Waals surface area contributed by atoms with Crippen LogP contribution in [0, 0.1) is 0 Å². The molecular weight excluding hydrogens is 925 g/mol. The van der Waals surface area contributed by atoms with Crippen molar-refractivity contribution < 1.29 is 35.9 Å². The molecule has 1 aliphatic rings. The van der Waals surface area contributed by atoms with E-state index in [1.165, 1.54) is 73.3 Å². The van der Waals surface area contributed by atoms with Gasteiger partial charge in [-0.3, -0.25) is 14.4 Å². The van der Waals surface area contributed by atoms with E-state index in [2.05, 4.69) is 85.0 Å². The molecule has 0 spiro atoms. The number of hydrogen-bond donors (Lipinski definition) is 1. The number of rotatable bonds is 23. The second-order valence-corrected chi connectivity index (χ2v) is 21.9. The molecule has 364 valence electrons. The summed E-state index contributed by atoms with van der Waals surface area (Å²) in [6.07, 6.45) is 14.2. The largest absolute Gasteiger partial charge is 1.00 e. The lowest BCUT2D eigenvalue weighted by Gasteiger charge is -2.36. The van der Waals surface area contributed by atoms with Gasteiger partial charge in [-0.25, -0.2) is 4.79 Å². The maximum Gasteiger partial charge on any atom is 0.336 e. The van der Waals surface area contributed by atoms with Gasteiger partial charge in [-0.15, -0.1) is 0 Å². The summed E-state index contributed by atoms with van der Waals surface area (Å²) in [5.74, 6) is 0.220. The molecule has 0 unspecified atom stereocenters. The van der Waals surface area contributed by atoms with Crippen LogP contribution in [0.2, 0.25) is 5.02 Å². The number of carbonyl (C=O) groups excluding carboxylic acids is 3. The fraction of sp³-hybridized carbons (Fsp3) is 0.368. The van der Waals surface area contributed by atoms with Gasteiger partial charge in [0.1, 0.15) is 34.5 Å². The number of hydrogen-bond acceptors (Lipinski definition) is 6. The van der Waals surface area contributed by atoms with Crippen LogP contribution in [-0.4, -0.2) is 66.0 Å². The van der Waals surface area contributed by atoms with E-state index < -0.39 is 19.0 Å². The number of fused-ring (bicyclic) bond motifs is 1. The maximum absolute atomic E-state index is 14.0. The Hall–Kier alpha value is -5.47. The van der Waals surface area contributed by atoms with Crippen LogP contribution in [-0.2, 0) is 14.4 Å². The number of unbranched alkanes of at least 4 members (excludes halogenated alkanes) is 10. The molecule has 1 atom stereocenters. The Morgan fingerprint density at radius 2 is 1.19 bits per heavy atom. The smallest absolute Gasteiger partial charge is 0.336 e. The average Bonchev–Trinajstić information content (AvgIpc) is 3.36. The van der Waals surface area contributed by atoms with Crippen molar-refractivity contribution in [3.05, 3.63) is 149 Å². The van der Waals surface area contributed by atoms with Crippen LogP contribution < -0.4 is 44.0 Å². The van der Waals surface area contributed by atoms with E-state index in [0.29, 0.717) is 78.2 Å². The Bertz CT molecular complexity index is 2540. The number of carbonyl (C=O) groups is 3. The van der Waals surface area contributed by atoms with Crippen molar-refractivity contribution in [1.29, 1.82) is 0 Å². The number of nitrogens with one attached hydrogen (secondary N) is 1. The third kappa shape index (κ3) is 14.1. The van der Waals surface area contributed by atoms with Crippen molar-refractivity contribution in [3.63, 3.8) is 0 Å². The minimum absolute atomic E-state index is 0. The molecule has 69 heavy (non-hydrogen) atoms. The van der Waals surface area contributed by atoms with E-state index in [-0.39, 0.29) is 35.7 Å². The summed E-state index contributed by atoms with van der Waals surface area (Å²) in [5.41, 5.74) is 1.52. The van der Waals surface area contributed by atoms with Crippen LogP contribution >= 0.6 is 18.9 Å². The van der Waals surface area contributed by atoms with Gasteiger partial charge in [0.2, 0.25) is 11.8 Å². The van der Waals surface area contributed by atoms with Gasteiger partial charge in [-0.2, -0.15) is 0 Å². The first kappa shape index (κ1) is 52.9. The normalized spacial score (nSPS) is 13.1. The highest BCUT2D eigenvalue weighted by Gasteiger charge is 2.45. The molecule has 2 heterocycles. The molecule has 0 radical (unpaired) electrons. The summed E-state index contributed by atoms with van der Waals surface area (Å²) in [6.45, 7) is 5.61. The van der Waals surface area contributed by atoms with Gasteiger partial charge in [-0.05, 0) is 74.0 Å². The van der Waals surface area contributed by atoms with E-state index in [1.807, 2.05) is 23.1 Å². The average molecular weight is 991 g/mol. The summed E-state index contributed by atoms with van der Waals surface area (Å²) in [6, 6.07) is 43.5. The quantitative estimate of drug-likeness (QED) is 0.0392. The zero-order valence-electron chi connectivity index (χ0n) is 40.1. The SMILES string of the molecule is CCCCCCCCCCCCCC(=O)Nc1ccc(-c2cc(=O)oc3cc(O[C@H](C)C(=O)N4CCN(C(=O)CC[P+](c5ccccc5)(c5ccccc5)c5ccccc5)CC4)ccc23)c(Cl)c1.[Cl-]. The molecule has 1 fully saturated rings. The standard InChI is InChI=1S/C57H65ClN3O6P.ClH/c1-3-4-5-6-7-8-9-10-11-12-22-29-54(62)59-44-30-32-49(52(58)40-44)51-42-56(64)67-53-41-45(31-33-50(51)53)66-43(2)57(65)61-37-35-60(36-38-61)55(63)34-39-68(46-23-16-13-17-24-46,47-25-18-14-19-26-47)48-27-20-15-21-28-48;/h13-21,23-28,30-33,40-43H,3-12,22,29,34-39H2,1-2H3;1H/t43-;/m1./s1. The Kier molecular flexibility index (Phi) is 20.3. The molecule has 12 heteroatoms. The zero-order chi connectivity index (χ0) is 47.7. The molecule has 1 saturated heterocycles. The predicted molar refractivity (Wildman–Crippen MR) is 281 cm³/mol. The number of ether oxygens (including phenoxy) is 1. The number of halogens is 2. The lowest BCUT2D eigenvalue weighted by molar-refractivity contribution is -0.143. The molecule has 3 amide bonds. The molecule has 9 nitrogen and oxygen atoms in total. The summed E-state index contributed by atoms with van der Waals surface area (Å²) in [7, 11) is -2.16. The summed E-state index contributed by atoms with van der Waals surface area (Å²) in [4.78, 5) is 56.9. The van der Waals surface area contributed by atoms with Crippen molar-refractivity contribution in [1.82, 2.24) is 9.80 Å². The number of amides is 3. The first-order chi connectivity index (χ1) is 33.2. The minimum Gasteiger partial charge on any atom is -1.00 e. The summed E-state index contributed by atoms with van der Waals surface area (Å²) in [5, 5.41) is 7.71. The highest BCUT2D eigenvalue weighted by atomic mass is 35.5. The Morgan fingerprint density at radius 1 is 0.652 bits per heavy atom. The monoisotopic (exact) mass is 989 g/mol. The van der Waals surface area contributed by atoms with E-state index in [0.717, 1.165) is 19.3 Å². The number of anilines is 1.